The Morgan fingerprint density at radius 2 is 1.61 bits per heavy atom. The van der Waals surface area contributed by atoms with Crippen LogP contribution in [0.1, 0.15) is 18.1 Å². The number of hydrogen-bond donors (Lipinski definition) is 2. The van der Waals surface area contributed by atoms with E-state index in [9.17, 15) is 0 Å². The van der Waals surface area contributed by atoms with Crippen molar-refractivity contribution in [2.24, 2.45) is 4.99 Å². The number of aryl methyl sites for hydroxylation is 1. The Morgan fingerprint density at radius 3 is 2.22 bits per heavy atom. The number of benzene rings is 1. The van der Waals surface area contributed by atoms with E-state index in [-0.39, 0.29) is 24.0 Å². The van der Waals surface area contributed by atoms with Gasteiger partial charge < -0.3 is 15.2 Å². The third kappa shape index (κ3) is 7.07. The van der Waals surface area contributed by atoms with Crippen LogP contribution in [0.3, 0.4) is 0 Å². The maximum atomic E-state index is 4.25. The molecule has 0 aliphatic heterocycles. The van der Waals surface area contributed by atoms with Crippen LogP contribution in [0.5, 0.6) is 0 Å². The zero-order chi connectivity index (χ0) is 15.6. The monoisotopic (exact) mass is 426 g/mol. The first-order chi connectivity index (χ1) is 10.8. The van der Waals surface area contributed by atoms with Crippen LogP contribution in [0.15, 0.2) is 53.8 Å². The standard InChI is InChI=1S/C18H26N4.HI/c1-3-16-6-8-17(9-7-16)10-11-20-18(19-2)21-12-15-22-13-4-5-14-22;/h4-9,13-14H,3,10-12,15H2,1-2H3,(H2,19,20,21);1H. The molecule has 2 rings (SSSR count). The van der Waals surface area contributed by atoms with Gasteiger partial charge in [0.1, 0.15) is 0 Å². The topological polar surface area (TPSA) is 41.4 Å². The van der Waals surface area contributed by atoms with Crippen molar-refractivity contribution in [3.8, 4) is 0 Å². The van der Waals surface area contributed by atoms with E-state index >= 15 is 0 Å². The highest BCUT2D eigenvalue weighted by molar-refractivity contribution is 14.0. The quantitative estimate of drug-likeness (QED) is 0.406. The average Bonchev–Trinajstić information content (AvgIpc) is 3.07. The van der Waals surface area contributed by atoms with Gasteiger partial charge in [0.25, 0.3) is 0 Å². The summed E-state index contributed by atoms with van der Waals surface area (Å²) < 4.78 is 2.15. The van der Waals surface area contributed by atoms with Crippen LogP contribution in [-0.4, -0.2) is 30.7 Å². The average molecular weight is 426 g/mol. The van der Waals surface area contributed by atoms with Crippen molar-refractivity contribution in [1.29, 1.82) is 0 Å². The molecule has 1 aromatic carbocycles. The molecule has 2 aromatic rings. The van der Waals surface area contributed by atoms with Crippen molar-refractivity contribution in [2.45, 2.75) is 26.3 Å². The fraction of sp³-hybridized carbons (Fsp3) is 0.389. The number of hydrogen-bond acceptors (Lipinski definition) is 1. The molecule has 5 heteroatoms. The lowest BCUT2D eigenvalue weighted by Crippen LogP contribution is -2.39. The fourth-order valence-electron chi connectivity index (χ4n) is 2.31. The molecular weight excluding hydrogens is 399 g/mol. The molecule has 126 valence electrons. The van der Waals surface area contributed by atoms with Gasteiger partial charge in [-0.05, 0) is 36.1 Å². The lowest BCUT2D eigenvalue weighted by atomic mass is 10.1. The zero-order valence-electron chi connectivity index (χ0n) is 14.0. The van der Waals surface area contributed by atoms with E-state index in [1.807, 2.05) is 12.1 Å². The highest BCUT2D eigenvalue weighted by Gasteiger charge is 1.98. The smallest absolute Gasteiger partial charge is 0.191 e. The van der Waals surface area contributed by atoms with Gasteiger partial charge in [-0.2, -0.15) is 0 Å². The predicted molar refractivity (Wildman–Crippen MR) is 109 cm³/mol. The number of nitrogens with zero attached hydrogens (tertiary/aromatic N) is 2. The minimum Gasteiger partial charge on any atom is -0.356 e. The Hall–Kier alpha value is -1.50. The first-order valence-electron chi connectivity index (χ1n) is 7.95. The summed E-state index contributed by atoms with van der Waals surface area (Å²) in [6.07, 6.45) is 6.23. The van der Waals surface area contributed by atoms with Crippen LogP contribution in [0.2, 0.25) is 0 Å². The maximum absolute atomic E-state index is 4.25. The SMILES string of the molecule is CCc1ccc(CCNC(=NC)NCCn2cccc2)cc1.I. The second kappa shape index (κ2) is 11.1. The second-order valence-electron chi connectivity index (χ2n) is 5.27. The van der Waals surface area contributed by atoms with E-state index in [0.29, 0.717) is 0 Å². The molecule has 0 amide bonds. The van der Waals surface area contributed by atoms with Crippen LogP contribution in [-0.2, 0) is 19.4 Å². The van der Waals surface area contributed by atoms with Crippen molar-refractivity contribution in [1.82, 2.24) is 15.2 Å². The predicted octanol–water partition coefficient (Wildman–Crippen LogP) is 3.08. The first kappa shape index (κ1) is 19.5. The number of aliphatic imine (C=N–C) groups is 1. The molecule has 0 saturated carbocycles. The van der Waals surface area contributed by atoms with E-state index in [2.05, 4.69) is 63.8 Å². The van der Waals surface area contributed by atoms with E-state index in [4.69, 9.17) is 0 Å². The first-order valence-corrected chi connectivity index (χ1v) is 7.95. The largest absolute Gasteiger partial charge is 0.356 e. The normalized spacial score (nSPS) is 11.0. The van der Waals surface area contributed by atoms with Gasteiger partial charge in [0.15, 0.2) is 5.96 Å². The lowest BCUT2D eigenvalue weighted by Gasteiger charge is -2.12. The van der Waals surface area contributed by atoms with Crippen LogP contribution in [0, 0.1) is 0 Å². The van der Waals surface area contributed by atoms with Gasteiger partial charge in [-0.15, -0.1) is 24.0 Å². The molecule has 0 saturated heterocycles. The summed E-state index contributed by atoms with van der Waals surface area (Å²) in [5.41, 5.74) is 2.74. The summed E-state index contributed by atoms with van der Waals surface area (Å²) in [7, 11) is 1.81. The van der Waals surface area contributed by atoms with Crippen LogP contribution >= 0.6 is 24.0 Å². The highest BCUT2D eigenvalue weighted by atomic mass is 127. The Labute approximate surface area is 156 Å². The molecule has 4 nitrogen and oxygen atoms in total. The summed E-state index contributed by atoms with van der Waals surface area (Å²) in [6.45, 7) is 4.86. The third-order valence-corrected chi connectivity index (χ3v) is 3.69. The van der Waals surface area contributed by atoms with Crippen LogP contribution in [0.4, 0.5) is 0 Å². The molecule has 1 heterocycles. The molecule has 0 radical (unpaired) electrons. The fourth-order valence-corrected chi connectivity index (χ4v) is 2.31. The van der Waals surface area contributed by atoms with Gasteiger partial charge in [-0.25, -0.2) is 0 Å². The Kier molecular flexibility index (Phi) is 9.43. The Bertz CT molecular complexity index is 561. The molecule has 0 unspecified atom stereocenters. The van der Waals surface area contributed by atoms with E-state index in [1.165, 1.54) is 11.1 Å². The molecule has 0 fully saturated rings. The van der Waals surface area contributed by atoms with Crippen molar-refractivity contribution >= 4 is 29.9 Å². The summed E-state index contributed by atoms with van der Waals surface area (Å²) in [6, 6.07) is 12.9. The minimum absolute atomic E-state index is 0. The van der Waals surface area contributed by atoms with E-state index in [0.717, 1.165) is 38.4 Å². The van der Waals surface area contributed by atoms with Gasteiger partial charge in [-0.1, -0.05) is 31.2 Å². The molecule has 23 heavy (non-hydrogen) atoms. The Morgan fingerprint density at radius 1 is 1.00 bits per heavy atom. The molecule has 1 aromatic heterocycles. The van der Waals surface area contributed by atoms with Gasteiger partial charge >= 0.3 is 0 Å². The van der Waals surface area contributed by atoms with Gasteiger partial charge in [0.2, 0.25) is 0 Å². The minimum atomic E-state index is 0. The maximum Gasteiger partial charge on any atom is 0.191 e. The third-order valence-electron chi connectivity index (χ3n) is 3.69. The van der Waals surface area contributed by atoms with Crippen molar-refractivity contribution in [2.75, 3.05) is 20.1 Å². The van der Waals surface area contributed by atoms with E-state index < -0.39 is 0 Å². The molecule has 0 spiro atoms. The van der Waals surface area contributed by atoms with E-state index in [1.54, 1.807) is 7.05 Å². The molecule has 0 bridgehead atoms. The Balaban J connectivity index is 0.00000264. The highest BCUT2D eigenvalue weighted by Crippen LogP contribution is 2.05. The van der Waals surface area contributed by atoms with Crippen LogP contribution in [0.25, 0.3) is 0 Å². The van der Waals surface area contributed by atoms with Gasteiger partial charge in [0.05, 0.1) is 0 Å². The number of rotatable bonds is 7. The summed E-state index contributed by atoms with van der Waals surface area (Å²) >= 11 is 0. The number of aromatic nitrogens is 1. The van der Waals surface area contributed by atoms with Gasteiger partial charge in [0, 0.05) is 39.1 Å². The van der Waals surface area contributed by atoms with Crippen molar-refractivity contribution in [3.63, 3.8) is 0 Å². The second-order valence-corrected chi connectivity index (χ2v) is 5.27. The summed E-state index contributed by atoms with van der Waals surface area (Å²) in [5, 5.41) is 6.69. The van der Waals surface area contributed by atoms with Crippen LogP contribution < -0.4 is 10.6 Å². The summed E-state index contributed by atoms with van der Waals surface area (Å²) in [5.74, 6) is 0.859. The lowest BCUT2D eigenvalue weighted by molar-refractivity contribution is 0.665. The van der Waals surface area contributed by atoms with Crippen molar-refractivity contribution < 1.29 is 0 Å². The number of guanidine groups is 1. The molecule has 0 aliphatic rings. The molecule has 0 aliphatic carbocycles. The number of nitrogens with one attached hydrogen (secondary N) is 2. The molecule has 0 atom stereocenters. The molecular formula is C18H27IN4. The van der Waals surface area contributed by atoms with Gasteiger partial charge in [-0.3, -0.25) is 4.99 Å². The summed E-state index contributed by atoms with van der Waals surface area (Å²) in [4.78, 5) is 4.25. The van der Waals surface area contributed by atoms with Crippen molar-refractivity contribution in [3.05, 3.63) is 59.9 Å². The number of halogens is 1. The zero-order valence-corrected chi connectivity index (χ0v) is 16.3. The molecule has 2 N–H and O–H groups in total.